The number of carbonyl (C=O) groups is 1. The molecule has 4 rings (SSSR count). The standard InChI is InChI=1S/C26H45NO5S.Na/c1-17(4-9-24(29)27-14-15-33(30,31)32)21-7-8-22-20-6-5-18-16-19(28)10-12-25(18,2)23(20)11-13-26(21,22)3;/h17-23,28H,4-16H2,1-3H3,(H,27,29)(H,30,31,32);/q;+1/p-1/t17-,18-,19-,20+,21?,22+,23?,25+,26-;/m0./s1. The van der Waals surface area contributed by atoms with Gasteiger partial charge in [0.05, 0.1) is 22.0 Å². The maximum atomic E-state index is 12.2. The second-order valence-electron chi connectivity index (χ2n) is 12.4. The van der Waals surface area contributed by atoms with Gasteiger partial charge in [0, 0.05) is 13.0 Å². The largest absolute Gasteiger partial charge is 1.00 e. The maximum absolute atomic E-state index is 12.2. The van der Waals surface area contributed by atoms with E-state index in [1.54, 1.807) is 0 Å². The van der Waals surface area contributed by atoms with Gasteiger partial charge in [-0.3, -0.25) is 4.79 Å². The van der Waals surface area contributed by atoms with Crippen LogP contribution in [0, 0.1) is 46.3 Å². The van der Waals surface area contributed by atoms with E-state index in [0.29, 0.717) is 35.0 Å². The summed E-state index contributed by atoms with van der Waals surface area (Å²) in [6.07, 6.45) is 12.0. The molecule has 4 saturated carbocycles. The third-order valence-corrected chi connectivity index (χ3v) is 11.6. The first-order valence-electron chi connectivity index (χ1n) is 13.3. The number of nitrogens with one attached hydrogen (secondary N) is 1. The van der Waals surface area contributed by atoms with E-state index in [-0.39, 0.29) is 48.1 Å². The monoisotopic (exact) mass is 505 g/mol. The van der Waals surface area contributed by atoms with E-state index in [1.807, 2.05) is 0 Å². The second-order valence-corrected chi connectivity index (χ2v) is 14.0. The molecule has 2 unspecified atom stereocenters. The topological polar surface area (TPSA) is 107 Å². The summed E-state index contributed by atoms with van der Waals surface area (Å²) in [6.45, 7) is 7.26. The van der Waals surface area contributed by atoms with Crippen molar-refractivity contribution < 1.29 is 52.4 Å². The molecule has 0 bridgehead atoms. The molecule has 190 valence electrons. The Bertz CT molecular complexity index is 837. The quantitative estimate of drug-likeness (QED) is 0.398. The van der Waals surface area contributed by atoms with E-state index >= 15 is 0 Å². The van der Waals surface area contributed by atoms with Crippen LogP contribution in [0.25, 0.3) is 0 Å². The van der Waals surface area contributed by atoms with Gasteiger partial charge in [-0.1, -0.05) is 20.8 Å². The summed E-state index contributed by atoms with van der Waals surface area (Å²) in [5.74, 6) is 3.49. The predicted molar refractivity (Wildman–Crippen MR) is 127 cm³/mol. The summed E-state index contributed by atoms with van der Waals surface area (Å²) in [6, 6.07) is 0. The van der Waals surface area contributed by atoms with E-state index < -0.39 is 15.9 Å². The molecule has 6 nitrogen and oxygen atoms in total. The summed E-state index contributed by atoms with van der Waals surface area (Å²) in [7, 11) is -4.29. The Morgan fingerprint density at radius 1 is 1.06 bits per heavy atom. The Hall–Kier alpha value is 0.340. The van der Waals surface area contributed by atoms with Crippen LogP contribution in [-0.2, 0) is 14.9 Å². The zero-order valence-corrected chi connectivity index (χ0v) is 24.5. The van der Waals surface area contributed by atoms with Crippen LogP contribution in [-0.4, -0.2) is 42.4 Å². The molecule has 0 aromatic heterocycles. The van der Waals surface area contributed by atoms with Gasteiger partial charge in [-0.2, -0.15) is 0 Å². The van der Waals surface area contributed by atoms with Crippen molar-refractivity contribution in [3.63, 3.8) is 0 Å². The van der Waals surface area contributed by atoms with Crippen LogP contribution in [0.5, 0.6) is 0 Å². The number of aliphatic hydroxyl groups is 1. The number of rotatable bonds is 7. The van der Waals surface area contributed by atoms with Crippen molar-refractivity contribution in [2.75, 3.05) is 12.3 Å². The van der Waals surface area contributed by atoms with Crippen molar-refractivity contribution in [1.29, 1.82) is 0 Å². The van der Waals surface area contributed by atoms with Crippen molar-refractivity contribution in [2.45, 2.75) is 97.5 Å². The summed E-state index contributed by atoms with van der Waals surface area (Å²) in [4.78, 5) is 12.2. The molecule has 1 amide bonds. The van der Waals surface area contributed by atoms with Crippen molar-refractivity contribution in [1.82, 2.24) is 5.32 Å². The van der Waals surface area contributed by atoms with Crippen LogP contribution in [0.3, 0.4) is 0 Å². The molecule has 4 aliphatic carbocycles. The molecule has 0 radical (unpaired) electrons. The molecule has 0 aromatic carbocycles. The fraction of sp³-hybridized carbons (Fsp3) is 0.962. The third-order valence-electron chi connectivity index (χ3n) is 10.9. The number of amides is 1. The Morgan fingerprint density at radius 2 is 1.74 bits per heavy atom. The van der Waals surface area contributed by atoms with Crippen LogP contribution < -0.4 is 34.9 Å². The van der Waals surface area contributed by atoms with Crippen LogP contribution in [0.1, 0.15) is 91.4 Å². The predicted octanol–water partition coefficient (Wildman–Crippen LogP) is 1.09. The van der Waals surface area contributed by atoms with E-state index in [4.69, 9.17) is 0 Å². The summed E-state index contributed by atoms with van der Waals surface area (Å²) >= 11 is 0. The summed E-state index contributed by atoms with van der Waals surface area (Å²) in [5.41, 5.74) is 0.758. The Balaban J connectivity index is 0.00000324. The molecule has 0 saturated heterocycles. The molecule has 0 aliphatic heterocycles. The van der Waals surface area contributed by atoms with Gasteiger partial charge in [0.25, 0.3) is 0 Å². The van der Waals surface area contributed by atoms with Gasteiger partial charge in [-0.25, -0.2) is 8.42 Å². The van der Waals surface area contributed by atoms with Gasteiger partial charge in [0.15, 0.2) is 0 Å². The molecule has 2 N–H and O–H groups in total. The molecule has 0 aromatic rings. The minimum atomic E-state index is -4.29. The van der Waals surface area contributed by atoms with Crippen LogP contribution in [0.4, 0.5) is 0 Å². The molecule has 34 heavy (non-hydrogen) atoms. The Kier molecular flexibility index (Phi) is 9.34. The van der Waals surface area contributed by atoms with Crippen molar-refractivity contribution in [2.24, 2.45) is 46.3 Å². The minimum absolute atomic E-state index is 0. The molecular formula is C26H44NNaO5S. The van der Waals surface area contributed by atoms with Crippen LogP contribution >= 0.6 is 0 Å². The second kappa shape index (κ2) is 11.0. The number of carbonyl (C=O) groups excluding carboxylic acids is 1. The zero-order valence-electron chi connectivity index (χ0n) is 21.7. The minimum Gasteiger partial charge on any atom is -0.748 e. The average molecular weight is 506 g/mol. The number of fused-ring (bicyclic) bond motifs is 5. The van der Waals surface area contributed by atoms with Crippen molar-refractivity contribution >= 4 is 16.0 Å². The number of hydrogen-bond acceptors (Lipinski definition) is 5. The number of hydrogen-bond donors (Lipinski definition) is 2. The van der Waals surface area contributed by atoms with Crippen molar-refractivity contribution in [3.05, 3.63) is 0 Å². The number of aliphatic hydroxyl groups excluding tert-OH is 1. The first-order valence-corrected chi connectivity index (χ1v) is 14.9. The molecule has 9 atom stereocenters. The average Bonchev–Trinajstić information content (AvgIpc) is 3.09. The normalized spacial score (nSPS) is 42.5. The van der Waals surface area contributed by atoms with E-state index in [9.17, 15) is 22.9 Å². The Labute approximate surface area is 228 Å². The van der Waals surface area contributed by atoms with E-state index in [2.05, 4.69) is 26.1 Å². The van der Waals surface area contributed by atoms with E-state index in [0.717, 1.165) is 37.0 Å². The molecule has 0 heterocycles. The van der Waals surface area contributed by atoms with Gasteiger partial charge < -0.3 is 15.0 Å². The summed E-state index contributed by atoms with van der Waals surface area (Å²) < 4.78 is 32.1. The fourth-order valence-electron chi connectivity index (χ4n) is 9.17. The zero-order chi connectivity index (χ0) is 24.0. The van der Waals surface area contributed by atoms with Crippen LogP contribution in [0.2, 0.25) is 0 Å². The third kappa shape index (κ3) is 5.75. The molecule has 0 spiro atoms. The fourth-order valence-corrected chi connectivity index (χ4v) is 9.53. The smallest absolute Gasteiger partial charge is 0.748 e. The van der Waals surface area contributed by atoms with E-state index in [1.165, 1.54) is 44.9 Å². The molecular weight excluding hydrogens is 461 g/mol. The van der Waals surface area contributed by atoms with Gasteiger partial charge in [0.2, 0.25) is 5.91 Å². The SMILES string of the molecule is C[C@@H](CCC(=O)NCCS(=O)(=O)[O-])C1CC[C@@H]2[C@H]3CC[C@H]4C[C@@H](O)CC[C@@]4(C)C3CC[C@@]12C.[Na+]. The first kappa shape index (κ1) is 28.9. The van der Waals surface area contributed by atoms with Crippen LogP contribution in [0.15, 0.2) is 0 Å². The molecule has 4 fully saturated rings. The van der Waals surface area contributed by atoms with Gasteiger partial charge in [0.1, 0.15) is 0 Å². The first-order chi connectivity index (χ1) is 15.4. The Morgan fingerprint density at radius 3 is 2.44 bits per heavy atom. The van der Waals surface area contributed by atoms with Crippen molar-refractivity contribution in [3.8, 4) is 0 Å². The summed E-state index contributed by atoms with van der Waals surface area (Å²) in [5, 5.41) is 12.8. The van der Waals surface area contributed by atoms with Gasteiger partial charge in [-0.15, -0.1) is 0 Å². The maximum Gasteiger partial charge on any atom is 1.00 e. The molecule has 4 aliphatic rings. The molecule has 8 heteroatoms. The van der Waals surface area contributed by atoms with Gasteiger partial charge >= 0.3 is 29.6 Å². The van der Waals surface area contributed by atoms with Gasteiger partial charge in [-0.05, 0) is 111 Å².